The maximum Gasteiger partial charge on any atom is 0.128 e. The average Bonchev–Trinajstić information content (AvgIpc) is 2.40. The Morgan fingerprint density at radius 1 is 1.47 bits per heavy atom. The number of aliphatic hydroxyl groups excluding tert-OH is 1. The third kappa shape index (κ3) is 3.41. The Kier molecular flexibility index (Phi) is 4.34. The SMILES string of the molecule is CC(CO)NC1CCN(c2ccccn2)CC1. The third-order valence-corrected chi connectivity index (χ3v) is 3.26. The van der Waals surface area contributed by atoms with Gasteiger partial charge in [0, 0.05) is 31.4 Å². The molecule has 2 heterocycles. The van der Waals surface area contributed by atoms with Crippen molar-refractivity contribution in [3.63, 3.8) is 0 Å². The molecule has 4 heteroatoms. The van der Waals surface area contributed by atoms with Crippen LogP contribution in [0.5, 0.6) is 0 Å². The molecule has 0 aliphatic carbocycles. The normalized spacial score (nSPS) is 19.3. The smallest absolute Gasteiger partial charge is 0.128 e. The predicted molar refractivity (Wildman–Crippen MR) is 69.2 cm³/mol. The molecule has 4 nitrogen and oxygen atoms in total. The molecule has 1 fully saturated rings. The molecule has 2 N–H and O–H groups in total. The number of aromatic nitrogens is 1. The van der Waals surface area contributed by atoms with Crippen LogP contribution in [0.25, 0.3) is 0 Å². The van der Waals surface area contributed by atoms with E-state index in [1.807, 2.05) is 25.3 Å². The van der Waals surface area contributed by atoms with Crippen molar-refractivity contribution >= 4 is 5.82 Å². The van der Waals surface area contributed by atoms with E-state index >= 15 is 0 Å². The summed E-state index contributed by atoms with van der Waals surface area (Å²) >= 11 is 0. The summed E-state index contributed by atoms with van der Waals surface area (Å²) in [5.41, 5.74) is 0. The van der Waals surface area contributed by atoms with Gasteiger partial charge in [-0.05, 0) is 31.9 Å². The molecule has 1 unspecified atom stereocenters. The molecule has 2 rings (SSSR count). The first-order chi connectivity index (χ1) is 8.29. The minimum atomic E-state index is 0.196. The largest absolute Gasteiger partial charge is 0.395 e. The maximum absolute atomic E-state index is 9.01. The maximum atomic E-state index is 9.01. The summed E-state index contributed by atoms with van der Waals surface area (Å²) in [6.45, 7) is 4.30. The van der Waals surface area contributed by atoms with E-state index in [2.05, 4.69) is 21.3 Å². The van der Waals surface area contributed by atoms with Crippen molar-refractivity contribution in [2.45, 2.75) is 31.8 Å². The van der Waals surface area contributed by atoms with Crippen LogP contribution in [0.2, 0.25) is 0 Å². The van der Waals surface area contributed by atoms with E-state index in [-0.39, 0.29) is 12.6 Å². The average molecular weight is 235 g/mol. The standard InChI is InChI=1S/C13H21N3O/c1-11(10-17)15-12-5-8-16(9-6-12)13-4-2-3-7-14-13/h2-4,7,11-12,15,17H,5-6,8-10H2,1H3. The van der Waals surface area contributed by atoms with Crippen LogP contribution in [-0.2, 0) is 0 Å². The predicted octanol–water partition coefficient (Wildman–Crippen LogP) is 1.02. The van der Waals surface area contributed by atoms with E-state index in [0.29, 0.717) is 6.04 Å². The second-order valence-electron chi connectivity index (χ2n) is 4.70. The van der Waals surface area contributed by atoms with Gasteiger partial charge in [0.05, 0.1) is 6.61 Å². The van der Waals surface area contributed by atoms with Crippen LogP contribution in [0.4, 0.5) is 5.82 Å². The zero-order valence-corrected chi connectivity index (χ0v) is 10.3. The Balaban J connectivity index is 1.82. The van der Waals surface area contributed by atoms with E-state index in [0.717, 1.165) is 31.7 Å². The van der Waals surface area contributed by atoms with Crippen molar-refractivity contribution in [2.75, 3.05) is 24.6 Å². The first-order valence-corrected chi connectivity index (χ1v) is 6.32. The first kappa shape index (κ1) is 12.3. The molecule has 0 spiro atoms. The van der Waals surface area contributed by atoms with Gasteiger partial charge in [-0.15, -0.1) is 0 Å². The van der Waals surface area contributed by atoms with Crippen LogP contribution in [0.1, 0.15) is 19.8 Å². The van der Waals surface area contributed by atoms with E-state index in [1.165, 1.54) is 0 Å². The summed E-state index contributed by atoms with van der Waals surface area (Å²) in [5, 5.41) is 12.5. The Labute approximate surface area is 103 Å². The van der Waals surface area contributed by atoms with E-state index in [1.54, 1.807) is 0 Å². The summed E-state index contributed by atoms with van der Waals surface area (Å²) in [5.74, 6) is 1.07. The Bertz CT molecular complexity index is 323. The number of anilines is 1. The molecule has 94 valence electrons. The number of piperidine rings is 1. The number of hydrogen-bond acceptors (Lipinski definition) is 4. The molecule has 1 aliphatic rings. The molecule has 0 aromatic carbocycles. The van der Waals surface area contributed by atoms with Gasteiger partial charge < -0.3 is 15.3 Å². The Morgan fingerprint density at radius 2 is 2.24 bits per heavy atom. The molecule has 1 atom stereocenters. The molecular formula is C13H21N3O. The molecule has 1 aliphatic heterocycles. The lowest BCUT2D eigenvalue weighted by Gasteiger charge is -2.34. The second kappa shape index (κ2) is 5.98. The number of rotatable bonds is 4. The first-order valence-electron chi connectivity index (χ1n) is 6.32. The van der Waals surface area contributed by atoms with Crippen LogP contribution < -0.4 is 10.2 Å². The summed E-state index contributed by atoms with van der Waals surface area (Å²) in [6.07, 6.45) is 4.06. The van der Waals surface area contributed by atoms with Crippen LogP contribution in [0, 0.1) is 0 Å². The fourth-order valence-corrected chi connectivity index (χ4v) is 2.27. The molecule has 0 radical (unpaired) electrons. The van der Waals surface area contributed by atoms with Gasteiger partial charge in [-0.1, -0.05) is 6.07 Å². The van der Waals surface area contributed by atoms with Crippen molar-refractivity contribution in [3.8, 4) is 0 Å². The van der Waals surface area contributed by atoms with Gasteiger partial charge in [0.1, 0.15) is 5.82 Å². The van der Waals surface area contributed by atoms with Crippen molar-refractivity contribution in [1.82, 2.24) is 10.3 Å². The highest BCUT2D eigenvalue weighted by molar-refractivity contribution is 5.38. The summed E-state index contributed by atoms with van der Waals surface area (Å²) in [6, 6.07) is 6.75. The van der Waals surface area contributed by atoms with Gasteiger partial charge in [-0.3, -0.25) is 0 Å². The summed E-state index contributed by atoms with van der Waals surface area (Å²) in [7, 11) is 0. The van der Waals surface area contributed by atoms with Crippen molar-refractivity contribution in [2.24, 2.45) is 0 Å². The van der Waals surface area contributed by atoms with E-state index in [4.69, 9.17) is 5.11 Å². The highest BCUT2D eigenvalue weighted by atomic mass is 16.3. The highest BCUT2D eigenvalue weighted by Gasteiger charge is 2.20. The van der Waals surface area contributed by atoms with Crippen molar-refractivity contribution < 1.29 is 5.11 Å². The zero-order valence-electron chi connectivity index (χ0n) is 10.3. The van der Waals surface area contributed by atoms with Crippen LogP contribution in [0.15, 0.2) is 24.4 Å². The number of hydrogen-bond donors (Lipinski definition) is 2. The Hall–Kier alpha value is -1.13. The highest BCUT2D eigenvalue weighted by Crippen LogP contribution is 2.17. The minimum Gasteiger partial charge on any atom is -0.395 e. The molecule has 0 bridgehead atoms. The summed E-state index contributed by atoms with van der Waals surface area (Å²) in [4.78, 5) is 6.69. The van der Waals surface area contributed by atoms with Gasteiger partial charge in [0.2, 0.25) is 0 Å². The number of pyridine rings is 1. The topological polar surface area (TPSA) is 48.4 Å². The monoisotopic (exact) mass is 235 g/mol. The Morgan fingerprint density at radius 3 is 2.82 bits per heavy atom. The third-order valence-electron chi connectivity index (χ3n) is 3.26. The van der Waals surface area contributed by atoms with E-state index < -0.39 is 0 Å². The molecule has 0 saturated carbocycles. The summed E-state index contributed by atoms with van der Waals surface area (Å²) < 4.78 is 0. The van der Waals surface area contributed by atoms with Gasteiger partial charge in [-0.25, -0.2) is 4.98 Å². The van der Waals surface area contributed by atoms with Gasteiger partial charge in [0.15, 0.2) is 0 Å². The lowest BCUT2D eigenvalue weighted by Crippen LogP contribution is -2.46. The lowest BCUT2D eigenvalue weighted by molar-refractivity contribution is 0.233. The van der Waals surface area contributed by atoms with Crippen LogP contribution >= 0.6 is 0 Å². The quantitative estimate of drug-likeness (QED) is 0.818. The van der Waals surface area contributed by atoms with E-state index in [9.17, 15) is 0 Å². The lowest BCUT2D eigenvalue weighted by atomic mass is 10.0. The van der Waals surface area contributed by atoms with Crippen LogP contribution in [0.3, 0.4) is 0 Å². The van der Waals surface area contributed by atoms with Gasteiger partial charge >= 0.3 is 0 Å². The zero-order chi connectivity index (χ0) is 12.1. The fraction of sp³-hybridized carbons (Fsp3) is 0.615. The number of aliphatic hydroxyl groups is 1. The van der Waals surface area contributed by atoms with Crippen molar-refractivity contribution in [1.29, 1.82) is 0 Å². The van der Waals surface area contributed by atoms with Crippen molar-refractivity contribution in [3.05, 3.63) is 24.4 Å². The molecule has 1 aromatic rings. The van der Waals surface area contributed by atoms with Crippen LogP contribution in [-0.4, -0.2) is 41.9 Å². The number of nitrogens with zero attached hydrogens (tertiary/aromatic N) is 2. The molecule has 0 amide bonds. The molecule has 1 saturated heterocycles. The second-order valence-corrected chi connectivity index (χ2v) is 4.70. The molecular weight excluding hydrogens is 214 g/mol. The fourth-order valence-electron chi connectivity index (χ4n) is 2.27. The van der Waals surface area contributed by atoms with Gasteiger partial charge in [-0.2, -0.15) is 0 Å². The minimum absolute atomic E-state index is 0.196. The molecule has 17 heavy (non-hydrogen) atoms. The van der Waals surface area contributed by atoms with Gasteiger partial charge in [0.25, 0.3) is 0 Å². The molecule has 1 aromatic heterocycles. The number of nitrogens with one attached hydrogen (secondary N) is 1.